The maximum Gasteiger partial charge on any atom is 0.316 e. The van der Waals surface area contributed by atoms with Crippen LogP contribution >= 0.6 is 0 Å². The van der Waals surface area contributed by atoms with Crippen LogP contribution in [0.4, 0.5) is 0 Å². The largest absolute Gasteiger partial charge is 0.465 e. The predicted molar refractivity (Wildman–Crippen MR) is 70.5 cm³/mol. The molecule has 2 aromatic rings. The molecule has 1 unspecified atom stereocenters. The van der Waals surface area contributed by atoms with Crippen LogP contribution in [0, 0.1) is 6.92 Å². The summed E-state index contributed by atoms with van der Waals surface area (Å²) in [6, 6.07) is 6.10. The molecule has 4 heteroatoms. The van der Waals surface area contributed by atoms with Crippen molar-refractivity contribution in [3.05, 3.63) is 29.6 Å². The lowest BCUT2D eigenvalue weighted by Crippen LogP contribution is -2.16. The Morgan fingerprint density at radius 3 is 2.89 bits per heavy atom. The molecule has 1 heterocycles. The van der Waals surface area contributed by atoms with Crippen molar-refractivity contribution in [2.75, 3.05) is 6.61 Å². The Balaban J connectivity index is 2.45. The van der Waals surface area contributed by atoms with Gasteiger partial charge in [0.2, 0.25) is 0 Å². The summed E-state index contributed by atoms with van der Waals surface area (Å²) in [5, 5.41) is 0. The summed E-state index contributed by atoms with van der Waals surface area (Å²) in [5.74, 6) is 0.171. The van der Waals surface area contributed by atoms with Crippen molar-refractivity contribution in [1.29, 1.82) is 0 Å². The first-order valence-corrected chi connectivity index (χ1v) is 6.14. The molecule has 0 bridgehead atoms. The van der Waals surface area contributed by atoms with Crippen LogP contribution < -0.4 is 0 Å². The summed E-state index contributed by atoms with van der Waals surface area (Å²) in [6.45, 7) is 6.06. The highest BCUT2D eigenvalue weighted by atomic mass is 16.5. The van der Waals surface area contributed by atoms with Crippen LogP contribution in [0.2, 0.25) is 0 Å². The SMILES string of the molecule is CCOC(=O)C(C)c1nc2cc(C)ccc2n1C. The van der Waals surface area contributed by atoms with E-state index in [1.165, 1.54) is 0 Å². The second-order valence-electron chi connectivity index (χ2n) is 4.49. The van der Waals surface area contributed by atoms with Gasteiger partial charge in [0.15, 0.2) is 0 Å². The zero-order valence-electron chi connectivity index (χ0n) is 11.2. The van der Waals surface area contributed by atoms with Crippen LogP contribution in [-0.2, 0) is 16.6 Å². The van der Waals surface area contributed by atoms with Gasteiger partial charge in [-0.05, 0) is 38.5 Å². The summed E-state index contributed by atoms with van der Waals surface area (Å²) in [5.41, 5.74) is 3.12. The van der Waals surface area contributed by atoms with Gasteiger partial charge in [-0.3, -0.25) is 4.79 Å². The van der Waals surface area contributed by atoms with Crippen molar-refractivity contribution in [3.63, 3.8) is 0 Å². The molecule has 0 aliphatic carbocycles. The topological polar surface area (TPSA) is 44.1 Å². The number of imidazole rings is 1. The highest BCUT2D eigenvalue weighted by Gasteiger charge is 2.22. The molecule has 0 fully saturated rings. The molecule has 0 aliphatic rings. The van der Waals surface area contributed by atoms with E-state index < -0.39 is 0 Å². The van der Waals surface area contributed by atoms with Crippen molar-refractivity contribution in [2.24, 2.45) is 7.05 Å². The molecular formula is C14H18N2O2. The molecule has 0 radical (unpaired) electrons. The summed E-state index contributed by atoms with van der Waals surface area (Å²) < 4.78 is 7.00. The number of aryl methyl sites for hydroxylation is 2. The summed E-state index contributed by atoms with van der Waals surface area (Å²) in [4.78, 5) is 16.3. The average Bonchev–Trinajstić information content (AvgIpc) is 2.65. The average molecular weight is 246 g/mol. The molecule has 0 saturated carbocycles. The fraction of sp³-hybridized carbons (Fsp3) is 0.429. The van der Waals surface area contributed by atoms with Gasteiger partial charge in [-0.15, -0.1) is 0 Å². The Kier molecular flexibility index (Phi) is 3.36. The van der Waals surface area contributed by atoms with E-state index in [1.54, 1.807) is 0 Å². The van der Waals surface area contributed by atoms with Crippen molar-refractivity contribution >= 4 is 17.0 Å². The van der Waals surface area contributed by atoms with E-state index >= 15 is 0 Å². The van der Waals surface area contributed by atoms with Gasteiger partial charge in [0, 0.05) is 7.05 Å². The Labute approximate surface area is 107 Å². The monoisotopic (exact) mass is 246 g/mol. The second kappa shape index (κ2) is 4.80. The third kappa shape index (κ3) is 2.10. The van der Waals surface area contributed by atoms with E-state index in [9.17, 15) is 4.79 Å². The van der Waals surface area contributed by atoms with Crippen molar-refractivity contribution in [3.8, 4) is 0 Å². The van der Waals surface area contributed by atoms with Crippen molar-refractivity contribution < 1.29 is 9.53 Å². The Bertz CT molecular complexity index is 587. The number of benzene rings is 1. The number of ether oxygens (including phenoxy) is 1. The normalized spacial score (nSPS) is 12.7. The van der Waals surface area contributed by atoms with E-state index in [0.717, 1.165) is 22.4 Å². The minimum atomic E-state index is -0.345. The van der Waals surface area contributed by atoms with Gasteiger partial charge in [-0.2, -0.15) is 0 Å². The first-order chi connectivity index (χ1) is 8.54. The van der Waals surface area contributed by atoms with Crippen LogP contribution in [0.5, 0.6) is 0 Å². The van der Waals surface area contributed by atoms with Crippen LogP contribution in [-0.4, -0.2) is 22.1 Å². The molecule has 0 aliphatic heterocycles. The van der Waals surface area contributed by atoms with Crippen LogP contribution in [0.1, 0.15) is 31.2 Å². The number of rotatable bonds is 3. The Hall–Kier alpha value is -1.84. The summed E-state index contributed by atoms with van der Waals surface area (Å²) >= 11 is 0. The smallest absolute Gasteiger partial charge is 0.316 e. The molecule has 0 saturated heterocycles. The molecule has 2 rings (SSSR count). The summed E-state index contributed by atoms with van der Waals surface area (Å²) in [7, 11) is 1.93. The lowest BCUT2D eigenvalue weighted by atomic mass is 10.2. The van der Waals surface area contributed by atoms with Crippen LogP contribution in [0.15, 0.2) is 18.2 Å². The van der Waals surface area contributed by atoms with Gasteiger partial charge in [-0.1, -0.05) is 6.07 Å². The number of carbonyl (C=O) groups excluding carboxylic acids is 1. The lowest BCUT2D eigenvalue weighted by molar-refractivity contribution is -0.144. The van der Waals surface area contributed by atoms with Gasteiger partial charge in [0.1, 0.15) is 11.7 Å². The van der Waals surface area contributed by atoms with E-state index in [0.29, 0.717) is 6.61 Å². The van der Waals surface area contributed by atoms with Gasteiger partial charge >= 0.3 is 5.97 Å². The fourth-order valence-electron chi connectivity index (χ4n) is 2.09. The number of aromatic nitrogens is 2. The number of fused-ring (bicyclic) bond motifs is 1. The second-order valence-corrected chi connectivity index (χ2v) is 4.49. The molecule has 96 valence electrons. The van der Waals surface area contributed by atoms with E-state index in [1.807, 2.05) is 50.6 Å². The maximum absolute atomic E-state index is 11.8. The Morgan fingerprint density at radius 2 is 2.22 bits per heavy atom. The minimum Gasteiger partial charge on any atom is -0.465 e. The third-order valence-corrected chi connectivity index (χ3v) is 3.10. The van der Waals surface area contributed by atoms with Crippen molar-refractivity contribution in [2.45, 2.75) is 26.7 Å². The van der Waals surface area contributed by atoms with Gasteiger partial charge < -0.3 is 9.30 Å². The number of esters is 1. The van der Waals surface area contributed by atoms with Crippen molar-refractivity contribution in [1.82, 2.24) is 9.55 Å². The number of nitrogens with zero attached hydrogens (tertiary/aromatic N) is 2. The van der Waals surface area contributed by atoms with Crippen LogP contribution in [0.3, 0.4) is 0 Å². The van der Waals surface area contributed by atoms with E-state index in [2.05, 4.69) is 4.98 Å². The molecule has 0 spiro atoms. The minimum absolute atomic E-state index is 0.229. The standard InChI is InChI=1S/C14H18N2O2/c1-5-18-14(17)10(3)13-15-11-8-9(2)6-7-12(11)16(13)4/h6-8,10H,5H2,1-4H3. The first-order valence-electron chi connectivity index (χ1n) is 6.14. The van der Waals surface area contributed by atoms with Gasteiger partial charge in [0.25, 0.3) is 0 Å². The van der Waals surface area contributed by atoms with Gasteiger partial charge in [0.05, 0.1) is 17.6 Å². The molecule has 4 nitrogen and oxygen atoms in total. The molecular weight excluding hydrogens is 228 g/mol. The quantitative estimate of drug-likeness (QED) is 0.782. The van der Waals surface area contributed by atoms with E-state index in [4.69, 9.17) is 4.74 Å². The first kappa shape index (κ1) is 12.6. The molecule has 18 heavy (non-hydrogen) atoms. The lowest BCUT2D eigenvalue weighted by Gasteiger charge is -2.10. The zero-order valence-corrected chi connectivity index (χ0v) is 11.2. The maximum atomic E-state index is 11.8. The Morgan fingerprint density at radius 1 is 1.50 bits per heavy atom. The zero-order chi connectivity index (χ0) is 13.3. The van der Waals surface area contributed by atoms with E-state index in [-0.39, 0.29) is 11.9 Å². The highest BCUT2D eigenvalue weighted by Crippen LogP contribution is 2.22. The van der Waals surface area contributed by atoms with Gasteiger partial charge in [-0.25, -0.2) is 4.98 Å². The molecule has 1 aromatic heterocycles. The van der Waals surface area contributed by atoms with Crippen LogP contribution in [0.25, 0.3) is 11.0 Å². The number of hydrogen-bond acceptors (Lipinski definition) is 3. The molecule has 0 amide bonds. The molecule has 0 N–H and O–H groups in total. The highest BCUT2D eigenvalue weighted by molar-refractivity contribution is 5.81. The fourth-order valence-corrected chi connectivity index (χ4v) is 2.09. The number of carbonyl (C=O) groups is 1. The molecule has 1 atom stereocenters. The third-order valence-electron chi connectivity index (χ3n) is 3.10. The predicted octanol–water partition coefficient (Wildman–Crippen LogP) is 2.55. The molecule has 1 aromatic carbocycles. The number of hydrogen-bond donors (Lipinski definition) is 0. The summed E-state index contributed by atoms with van der Waals surface area (Å²) in [6.07, 6.45) is 0.